The van der Waals surface area contributed by atoms with E-state index in [0.29, 0.717) is 30.9 Å². The van der Waals surface area contributed by atoms with Crippen LogP contribution in [-0.2, 0) is 32.6 Å². The molecule has 4 aliphatic rings. The van der Waals surface area contributed by atoms with Gasteiger partial charge in [-0.05, 0) is 74.0 Å². The second-order valence-electron chi connectivity index (χ2n) is 11.4. The third-order valence-corrected chi connectivity index (χ3v) is 9.36. The maximum Gasteiger partial charge on any atom is 0.244 e. The van der Waals surface area contributed by atoms with Gasteiger partial charge in [0.25, 0.3) is 0 Å². The van der Waals surface area contributed by atoms with Crippen molar-refractivity contribution in [2.24, 2.45) is 0 Å². The number of pyridine rings is 1. The zero-order valence-electron chi connectivity index (χ0n) is 21.9. The van der Waals surface area contributed by atoms with Crippen LogP contribution in [0.1, 0.15) is 47.6 Å². The molecule has 3 heterocycles. The van der Waals surface area contributed by atoms with Crippen LogP contribution in [0.5, 0.6) is 0 Å². The lowest BCUT2D eigenvalue weighted by atomic mass is 9.72. The molecular weight excluding hydrogens is 490 g/mol. The highest BCUT2D eigenvalue weighted by Crippen LogP contribution is 2.47. The van der Waals surface area contributed by atoms with Crippen molar-refractivity contribution in [1.82, 2.24) is 14.8 Å². The minimum absolute atomic E-state index is 0.00351. The molecular formula is C31H31N5O3. The van der Waals surface area contributed by atoms with Crippen molar-refractivity contribution in [2.45, 2.75) is 49.1 Å². The summed E-state index contributed by atoms with van der Waals surface area (Å²) >= 11 is 0. The molecule has 1 aromatic heterocycles. The first-order valence-corrected chi connectivity index (χ1v) is 13.7. The number of rotatable bonds is 4. The predicted octanol–water partition coefficient (Wildman–Crippen LogP) is 3.45. The Kier molecular flexibility index (Phi) is 5.39. The molecule has 198 valence electrons. The zero-order chi connectivity index (χ0) is 26.8. The Morgan fingerprint density at radius 2 is 1.85 bits per heavy atom. The molecule has 3 aromatic rings. The van der Waals surface area contributed by atoms with Crippen LogP contribution in [-0.4, -0.2) is 58.2 Å². The highest BCUT2D eigenvalue weighted by molar-refractivity contribution is 6.06. The second kappa shape index (κ2) is 8.74. The van der Waals surface area contributed by atoms with Crippen molar-refractivity contribution < 1.29 is 14.4 Å². The smallest absolute Gasteiger partial charge is 0.244 e. The SMILES string of the molecule is CN1CC(c2ccccc2)N(CC(=O)Nc2ccc3c(c2)CC2(C3)C(=O)Nc3ncccc32)C(=O)C12CCC2. The Morgan fingerprint density at radius 1 is 1.05 bits per heavy atom. The number of carbonyl (C=O) groups excluding carboxylic acids is 3. The van der Waals surface area contributed by atoms with Gasteiger partial charge in [-0.1, -0.05) is 42.5 Å². The maximum atomic E-state index is 13.8. The molecule has 2 fully saturated rings. The fraction of sp³-hybridized carbons (Fsp3) is 0.355. The largest absolute Gasteiger partial charge is 0.325 e. The minimum atomic E-state index is -0.652. The molecule has 1 saturated heterocycles. The van der Waals surface area contributed by atoms with E-state index in [1.165, 1.54) is 0 Å². The number of nitrogens with zero attached hydrogens (tertiary/aromatic N) is 3. The monoisotopic (exact) mass is 521 g/mol. The molecule has 1 saturated carbocycles. The molecule has 2 spiro atoms. The Labute approximate surface area is 227 Å². The van der Waals surface area contributed by atoms with Crippen LogP contribution < -0.4 is 10.6 Å². The van der Waals surface area contributed by atoms with Crippen LogP contribution in [0.15, 0.2) is 66.9 Å². The van der Waals surface area contributed by atoms with Crippen molar-refractivity contribution in [1.29, 1.82) is 0 Å². The van der Waals surface area contributed by atoms with Crippen LogP contribution in [0.25, 0.3) is 0 Å². The van der Waals surface area contributed by atoms with Crippen molar-refractivity contribution >= 4 is 29.2 Å². The topological polar surface area (TPSA) is 94.6 Å². The first kappa shape index (κ1) is 24.0. The lowest BCUT2D eigenvalue weighted by molar-refractivity contribution is -0.164. The van der Waals surface area contributed by atoms with Crippen molar-refractivity contribution in [3.05, 3.63) is 89.1 Å². The quantitative estimate of drug-likeness (QED) is 0.549. The van der Waals surface area contributed by atoms with Crippen LogP contribution >= 0.6 is 0 Å². The van der Waals surface area contributed by atoms with Crippen molar-refractivity contribution in [3.63, 3.8) is 0 Å². The van der Waals surface area contributed by atoms with E-state index in [1.807, 2.05) is 67.7 Å². The summed E-state index contributed by atoms with van der Waals surface area (Å²) < 4.78 is 0. The number of anilines is 2. The Bertz CT molecular complexity index is 1500. The van der Waals surface area contributed by atoms with Gasteiger partial charge >= 0.3 is 0 Å². The number of benzene rings is 2. The second-order valence-corrected chi connectivity index (χ2v) is 11.4. The standard InChI is InChI=1S/C31H31N5O3/c1-35-18-25(20-7-3-2-4-8-20)36(29(39)31(35)12-6-13-31)19-26(37)33-23-11-10-21-16-30(17-22(21)15-23)24-9-5-14-32-27(24)34-28(30)38/h2-5,7-11,14-15,25H,6,12-13,16-19H2,1H3,(H,33,37)(H,32,34,38). The fourth-order valence-electron chi connectivity index (χ4n) is 7.05. The molecule has 7 rings (SSSR count). The van der Waals surface area contributed by atoms with Crippen molar-refractivity contribution in [3.8, 4) is 0 Å². The molecule has 2 unspecified atom stereocenters. The average molecular weight is 522 g/mol. The van der Waals surface area contributed by atoms with Gasteiger partial charge in [0, 0.05) is 24.0 Å². The number of nitrogens with one attached hydrogen (secondary N) is 2. The molecule has 39 heavy (non-hydrogen) atoms. The highest BCUT2D eigenvalue weighted by atomic mass is 16.2. The summed E-state index contributed by atoms with van der Waals surface area (Å²) in [5, 5.41) is 5.97. The fourth-order valence-corrected chi connectivity index (χ4v) is 7.05. The first-order chi connectivity index (χ1) is 18.9. The van der Waals surface area contributed by atoms with Gasteiger partial charge in [0.2, 0.25) is 17.7 Å². The maximum absolute atomic E-state index is 13.8. The summed E-state index contributed by atoms with van der Waals surface area (Å²) in [6, 6.07) is 19.5. The van der Waals surface area contributed by atoms with Gasteiger partial charge in [0.1, 0.15) is 17.9 Å². The van der Waals surface area contributed by atoms with Gasteiger partial charge in [-0.2, -0.15) is 0 Å². The molecule has 3 amide bonds. The van der Waals surface area contributed by atoms with Gasteiger partial charge in [-0.15, -0.1) is 0 Å². The van der Waals surface area contributed by atoms with E-state index >= 15 is 0 Å². The molecule has 8 heteroatoms. The molecule has 2 aliphatic carbocycles. The summed E-state index contributed by atoms with van der Waals surface area (Å²) in [5.41, 5.74) is 3.66. The van der Waals surface area contributed by atoms with Crippen LogP contribution in [0.4, 0.5) is 11.5 Å². The number of amides is 3. The molecule has 0 bridgehead atoms. The number of hydrogen-bond acceptors (Lipinski definition) is 5. The molecule has 2 aromatic carbocycles. The van der Waals surface area contributed by atoms with Gasteiger partial charge in [-0.3, -0.25) is 19.3 Å². The number of carbonyl (C=O) groups is 3. The Morgan fingerprint density at radius 3 is 2.62 bits per heavy atom. The average Bonchev–Trinajstić information content (AvgIpc) is 3.42. The predicted molar refractivity (Wildman–Crippen MR) is 147 cm³/mol. The van der Waals surface area contributed by atoms with E-state index in [4.69, 9.17) is 0 Å². The van der Waals surface area contributed by atoms with E-state index in [1.54, 1.807) is 11.1 Å². The van der Waals surface area contributed by atoms with E-state index in [9.17, 15) is 14.4 Å². The number of likely N-dealkylation sites (N-methyl/N-ethyl adjacent to an activating group) is 1. The summed E-state index contributed by atoms with van der Waals surface area (Å²) in [6.45, 7) is 0.693. The van der Waals surface area contributed by atoms with E-state index in [2.05, 4.69) is 20.5 Å². The summed E-state index contributed by atoms with van der Waals surface area (Å²) in [6.07, 6.45) is 5.56. The lowest BCUT2D eigenvalue weighted by Crippen LogP contribution is -2.68. The molecule has 0 radical (unpaired) electrons. The van der Waals surface area contributed by atoms with Gasteiger partial charge < -0.3 is 15.5 Å². The van der Waals surface area contributed by atoms with Gasteiger partial charge in [0.15, 0.2) is 0 Å². The normalized spacial score (nSPS) is 24.8. The van der Waals surface area contributed by atoms with E-state index < -0.39 is 11.0 Å². The van der Waals surface area contributed by atoms with E-state index in [-0.39, 0.29) is 30.3 Å². The van der Waals surface area contributed by atoms with Crippen LogP contribution in [0.3, 0.4) is 0 Å². The minimum Gasteiger partial charge on any atom is -0.325 e. The molecule has 2 atom stereocenters. The summed E-state index contributed by atoms with van der Waals surface area (Å²) in [4.78, 5) is 48.5. The number of fused-ring (bicyclic) bond motifs is 3. The van der Waals surface area contributed by atoms with Crippen molar-refractivity contribution in [2.75, 3.05) is 30.8 Å². The summed E-state index contributed by atoms with van der Waals surface area (Å²) in [5.74, 6) is 0.437. The first-order valence-electron chi connectivity index (χ1n) is 13.7. The van der Waals surface area contributed by atoms with Crippen LogP contribution in [0, 0.1) is 0 Å². The third kappa shape index (κ3) is 3.61. The molecule has 2 N–H and O–H groups in total. The van der Waals surface area contributed by atoms with Crippen LogP contribution in [0.2, 0.25) is 0 Å². The Hall–Kier alpha value is -4.04. The zero-order valence-corrected chi connectivity index (χ0v) is 21.9. The highest BCUT2D eigenvalue weighted by Gasteiger charge is 2.55. The number of aromatic nitrogens is 1. The summed E-state index contributed by atoms with van der Waals surface area (Å²) in [7, 11) is 2.03. The lowest BCUT2D eigenvalue weighted by Gasteiger charge is -2.55. The number of piperazine rings is 1. The van der Waals surface area contributed by atoms with Gasteiger partial charge in [0.05, 0.1) is 11.5 Å². The Balaban J connectivity index is 1.11. The van der Waals surface area contributed by atoms with Gasteiger partial charge in [-0.25, -0.2) is 4.98 Å². The molecule has 2 aliphatic heterocycles. The number of hydrogen-bond donors (Lipinski definition) is 2. The van der Waals surface area contributed by atoms with E-state index in [0.717, 1.165) is 41.5 Å². The third-order valence-electron chi connectivity index (χ3n) is 9.36. The molecule has 8 nitrogen and oxygen atoms in total.